The van der Waals surface area contributed by atoms with Crippen LogP contribution >= 0.6 is 0 Å². The van der Waals surface area contributed by atoms with Crippen molar-refractivity contribution >= 4 is 11.0 Å². The van der Waals surface area contributed by atoms with Crippen LogP contribution in [0.1, 0.15) is 51.3 Å². The van der Waals surface area contributed by atoms with Crippen molar-refractivity contribution in [3.8, 4) is 11.5 Å². The highest BCUT2D eigenvalue weighted by Gasteiger charge is 2.35. The average molecular weight is 358 g/mol. The second-order valence-corrected chi connectivity index (χ2v) is 7.20. The van der Waals surface area contributed by atoms with Gasteiger partial charge in [0.2, 0.25) is 0 Å². The number of hydrogen-bond donors (Lipinski definition) is 1. The van der Waals surface area contributed by atoms with E-state index in [1.807, 2.05) is 20.8 Å². The first-order chi connectivity index (χ1) is 12.3. The van der Waals surface area contributed by atoms with Crippen molar-refractivity contribution in [2.24, 2.45) is 5.92 Å². The molecule has 1 aliphatic rings. The van der Waals surface area contributed by atoms with Gasteiger partial charge in [0, 0.05) is 18.1 Å². The summed E-state index contributed by atoms with van der Waals surface area (Å²) in [5.74, 6) is 0.972. The smallest absolute Gasteiger partial charge is 0.336 e. The molecule has 3 atom stereocenters. The summed E-state index contributed by atoms with van der Waals surface area (Å²) >= 11 is 0. The number of hydrogen-bond acceptors (Lipinski definition) is 5. The molecule has 5 heteroatoms. The van der Waals surface area contributed by atoms with Crippen LogP contribution in [0.3, 0.4) is 0 Å². The molecule has 0 saturated carbocycles. The Morgan fingerprint density at radius 1 is 1.35 bits per heavy atom. The summed E-state index contributed by atoms with van der Waals surface area (Å²) in [7, 11) is 0. The number of aryl methyl sites for hydroxylation is 1. The first kappa shape index (κ1) is 18.5. The van der Waals surface area contributed by atoms with Crippen LogP contribution in [0.15, 0.2) is 33.5 Å². The van der Waals surface area contributed by atoms with Gasteiger partial charge in [0.15, 0.2) is 5.58 Å². The van der Waals surface area contributed by atoms with Crippen molar-refractivity contribution in [3.05, 3.63) is 45.8 Å². The van der Waals surface area contributed by atoms with Gasteiger partial charge in [-0.3, -0.25) is 0 Å². The summed E-state index contributed by atoms with van der Waals surface area (Å²) < 4.78 is 17.5. The SMILES string of the molecule is C=C(C)COc1cc2c(c3oc(=O)cc(CCC)c13)[C@@H](O)[C@H](C)[C@@H](C)O2. The lowest BCUT2D eigenvalue weighted by Gasteiger charge is -2.34. The van der Waals surface area contributed by atoms with Crippen LogP contribution in [-0.4, -0.2) is 17.8 Å². The maximum absolute atomic E-state index is 12.2. The van der Waals surface area contributed by atoms with Gasteiger partial charge in [-0.05, 0) is 31.4 Å². The third-order valence-corrected chi connectivity index (χ3v) is 4.90. The molecule has 5 nitrogen and oxygen atoms in total. The largest absolute Gasteiger partial charge is 0.490 e. The van der Waals surface area contributed by atoms with E-state index in [2.05, 4.69) is 13.5 Å². The van der Waals surface area contributed by atoms with Crippen molar-refractivity contribution in [3.63, 3.8) is 0 Å². The highest BCUT2D eigenvalue weighted by molar-refractivity contribution is 5.91. The molecule has 0 aliphatic carbocycles. The summed E-state index contributed by atoms with van der Waals surface area (Å²) in [5, 5.41) is 11.6. The molecule has 3 rings (SSSR count). The topological polar surface area (TPSA) is 68.9 Å². The third kappa shape index (κ3) is 3.23. The Morgan fingerprint density at radius 3 is 2.73 bits per heavy atom. The lowest BCUT2D eigenvalue weighted by Crippen LogP contribution is -2.32. The summed E-state index contributed by atoms with van der Waals surface area (Å²) in [6, 6.07) is 3.30. The maximum Gasteiger partial charge on any atom is 0.336 e. The lowest BCUT2D eigenvalue weighted by molar-refractivity contribution is 0.0178. The molecule has 140 valence electrons. The fraction of sp³-hybridized carbons (Fsp3) is 0.476. The molecule has 1 aromatic heterocycles. The highest BCUT2D eigenvalue weighted by Crippen LogP contribution is 2.46. The van der Waals surface area contributed by atoms with Crippen LogP contribution in [0.25, 0.3) is 11.0 Å². The third-order valence-electron chi connectivity index (χ3n) is 4.90. The molecule has 0 spiro atoms. The summed E-state index contributed by atoms with van der Waals surface area (Å²) in [5.41, 5.74) is 2.20. The molecule has 0 amide bonds. The van der Waals surface area contributed by atoms with E-state index in [-0.39, 0.29) is 12.0 Å². The molecular formula is C21H26O5. The minimum absolute atomic E-state index is 0.118. The Morgan fingerprint density at radius 2 is 2.08 bits per heavy atom. The Hall–Kier alpha value is -2.27. The molecule has 0 saturated heterocycles. The van der Waals surface area contributed by atoms with E-state index in [9.17, 15) is 9.90 Å². The monoisotopic (exact) mass is 358 g/mol. The first-order valence-electron chi connectivity index (χ1n) is 9.09. The van der Waals surface area contributed by atoms with E-state index in [0.717, 1.165) is 22.9 Å². The number of fused-ring (bicyclic) bond motifs is 3. The van der Waals surface area contributed by atoms with Gasteiger partial charge in [0.05, 0.1) is 17.1 Å². The standard InChI is InChI=1S/C21H26O5/c1-6-7-14-8-17(22)26-21-18(14)15(24-10-11(2)3)9-16-19(21)20(23)12(4)13(5)25-16/h8-9,12-13,20,23H,2,6-7,10H2,1,3-5H3/t12-,13-,20+/m1/s1. The van der Waals surface area contributed by atoms with Crippen LogP contribution < -0.4 is 15.1 Å². The predicted molar refractivity (Wildman–Crippen MR) is 101 cm³/mol. The quantitative estimate of drug-likeness (QED) is 0.642. The van der Waals surface area contributed by atoms with Crippen LogP contribution in [0.2, 0.25) is 0 Å². The van der Waals surface area contributed by atoms with Crippen LogP contribution in [-0.2, 0) is 6.42 Å². The number of aliphatic hydroxyl groups is 1. The van der Waals surface area contributed by atoms with E-state index in [4.69, 9.17) is 13.9 Å². The summed E-state index contributed by atoms with van der Waals surface area (Å²) in [6.45, 7) is 12.0. The van der Waals surface area contributed by atoms with Crippen molar-refractivity contribution in [2.45, 2.75) is 52.7 Å². The van der Waals surface area contributed by atoms with Crippen molar-refractivity contribution < 1.29 is 19.0 Å². The zero-order valence-electron chi connectivity index (χ0n) is 15.8. The zero-order chi connectivity index (χ0) is 19.0. The number of aliphatic hydroxyl groups excluding tert-OH is 1. The molecule has 0 fully saturated rings. The molecule has 1 N–H and O–H groups in total. The fourth-order valence-electron chi connectivity index (χ4n) is 3.37. The molecule has 0 bridgehead atoms. The van der Waals surface area contributed by atoms with Gasteiger partial charge in [-0.15, -0.1) is 0 Å². The molecule has 2 heterocycles. The second kappa shape index (κ2) is 7.16. The Bertz CT molecular complexity index is 895. The Kier molecular flexibility index (Phi) is 5.10. The molecule has 0 radical (unpaired) electrons. The highest BCUT2D eigenvalue weighted by atomic mass is 16.5. The van der Waals surface area contributed by atoms with Gasteiger partial charge in [0.25, 0.3) is 0 Å². The summed E-state index contributed by atoms with van der Waals surface area (Å²) in [4.78, 5) is 12.2. The normalized spacial score (nSPS) is 22.0. The lowest BCUT2D eigenvalue weighted by atomic mass is 9.88. The molecule has 2 aromatic rings. The van der Waals surface area contributed by atoms with Crippen molar-refractivity contribution in [1.29, 1.82) is 0 Å². The molecule has 26 heavy (non-hydrogen) atoms. The number of benzene rings is 1. The van der Waals surface area contributed by atoms with Crippen LogP contribution in [0.5, 0.6) is 11.5 Å². The Balaban J connectivity index is 2.32. The van der Waals surface area contributed by atoms with E-state index in [1.165, 1.54) is 6.07 Å². The van der Waals surface area contributed by atoms with Gasteiger partial charge in [-0.2, -0.15) is 0 Å². The van der Waals surface area contributed by atoms with E-state index < -0.39 is 11.7 Å². The van der Waals surface area contributed by atoms with Gasteiger partial charge in [0.1, 0.15) is 24.2 Å². The van der Waals surface area contributed by atoms with Crippen LogP contribution in [0, 0.1) is 5.92 Å². The zero-order valence-corrected chi connectivity index (χ0v) is 15.8. The van der Waals surface area contributed by atoms with Gasteiger partial charge < -0.3 is 19.0 Å². The predicted octanol–water partition coefficient (Wildman–Crippen LogP) is 4.15. The first-order valence-corrected chi connectivity index (χ1v) is 9.09. The maximum atomic E-state index is 12.2. The summed E-state index contributed by atoms with van der Waals surface area (Å²) in [6.07, 6.45) is 0.663. The molecule has 1 aromatic carbocycles. The molecule has 0 unspecified atom stereocenters. The average Bonchev–Trinajstić information content (AvgIpc) is 2.57. The van der Waals surface area contributed by atoms with Gasteiger partial charge in [-0.25, -0.2) is 4.79 Å². The minimum Gasteiger partial charge on any atom is -0.490 e. The van der Waals surface area contributed by atoms with Gasteiger partial charge in [-0.1, -0.05) is 26.8 Å². The Labute approximate surface area is 153 Å². The van der Waals surface area contributed by atoms with E-state index in [0.29, 0.717) is 35.7 Å². The second-order valence-electron chi connectivity index (χ2n) is 7.20. The molecule has 1 aliphatic heterocycles. The molecular weight excluding hydrogens is 332 g/mol. The van der Waals surface area contributed by atoms with E-state index >= 15 is 0 Å². The minimum atomic E-state index is -0.772. The van der Waals surface area contributed by atoms with Crippen molar-refractivity contribution in [2.75, 3.05) is 6.61 Å². The van der Waals surface area contributed by atoms with Gasteiger partial charge >= 0.3 is 5.63 Å². The van der Waals surface area contributed by atoms with E-state index in [1.54, 1.807) is 6.07 Å². The van der Waals surface area contributed by atoms with Crippen LogP contribution in [0.4, 0.5) is 0 Å². The fourth-order valence-corrected chi connectivity index (χ4v) is 3.37. The van der Waals surface area contributed by atoms with Crippen molar-refractivity contribution in [1.82, 2.24) is 0 Å². The number of rotatable bonds is 5. The number of ether oxygens (including phenoxy) is 2.